The Morgan fingerprint density at radius 1 is 1.17 bits per heavy atom. The third-order valence-corrected chi connectivity index (χ3v) is 2.67. The molecule has 1 heterocycles. The van der Waals surface area contributed by atoms with Gasteiger partial charge in [0.2, 0.25) is 0 Å². The standard InChI is InChI=1S/C13H21F2N3/c1-9(2)6-4-5-7-17-13-11(15)8-10(14)12(16-3)18-13/h8-9H,4-7H2,1-3H3,(H2,16,17,18). The largest absolute Gasteiger partial charge is 0.371 e. The zero-order chi connectivity index (χ0) is 13.5. The van der Waals surface area contributed by atoms with Crippen molar-refractivity contribution in [2.45, 2.75) is 33.1 Å². The topological polar surface area (TPSA) is 37.0 Å². The molecule has 18 heavy (non-hydrogen) atoms. The fourth-order valence-corrected chi connectivity index (χ4v) is 1.65. The van der Waals surface area contributed by atoms with Crippen LogP contribution < -0.4 is 10.6 Å². The molecule has 0 atom stereocenters. The second-order valence-corrected chi connectivity index (χ2v) is 4.72. The molecule has 0 saturated carbocycles. The first kappa shape index (κ1) is 14.7. The van der Waals surface area contributed by atoms with Gasteiger partial charge >= 0.3 is 0 Å². The van der Waals surface area contributed by atoms with Crippen LogP contribution in [0.15, 0.2) is 6.07 Å². The van der Waals surface area contributed by atoms with E-state index >= 15 is 0 Å². The summed E-state index contributed by atoms with van der Waals surface area (Å²) < 4.78 is 26.6. The van der Waals surface area contributed by atoms with Gasteiger partial charge in [-0.25, -0.2) is 13.8 Å². The first-order chi connectivity index (χ1) is 8.54. The first-order valence-corrected chi connectivity index (χ1v) is 6.32. The van der Waals surface area contributed by atoms with Crippen LogP contribution in [-0.4, -0.2) is 18.6 Å². The van der Waals surface area contributed by atoms with Crippen molar-refractivity contribution in [3.05, 3.63) is 17.7 Å². The van der Waals surface area contributed by atoms with Gasteiger partial charge < -0.3 is 10.6 Å². The molecule has 0 unspecified atom stereocenters. The Labute approximate surface area is 107 Å². The Kier molecular flexibility index (Phi) is 5.82. The van der Waals surface area contributed by atoms with Crippen LogP contribution in [0.4, 0.5) is 20.4 Å². The summed E-state index contributed by atoms with van der Waals surface area (Å²) in [4.78, 5) is 3.85. The summed E-state index contributed by atoms with van der Waals surface area (Å²) in [5.74, 6) is -0.497. The molecule has 1 aromatic rings. The normalized spacial score (nSPS) is 10.8. The summed E-state index contributed by atoms with van der Waals surface area (Å²) in [6, 6.07) is 0.843. The monoisotopic (exact) mass is 257 g/mol. The molecule has 3 nitrogen and oxygen atoms in total. The van der Waals surface area contributed by atoms with Gasteiger partial charge in [0.15, 0.2) is 23.3 Å². The summed E-state index contributed by atoms with van der Waals surface area (Å²) in [7, 11) is 1.55. The van der Waals surface area contributed by atoms with Crippen molar-refractivity contribution in [2.75, 3.05) is 24.2 Å². The van der Waals surface area contributed by atoms with Crippen LogP contribution in [-0.2, 0) is 0 Å². The number of unbranched alkanes of at least 4 members (excludes halogenated alkanes) is 1. The fraction of sp³-hybridized carbons (Fsp3) is 0.615. The molecule has 0 aliphatic carbocycles. The Bertz CT molecular complexity index is 381. The van der Waals surface area contributed by atoms with Crippen molar-refractivity contribution in [1.29, 1.82) is 0 Å². The van der Waals surface area contributed by atoms with Crippen LogP contribution in [0, 0.1) is 17.6 Å². The molecule has 0 aliphatic heterocycles. The lowest BCUT2D eigenvalue weighted by molar-refractivity contribution is 0.543. The van der Waals surface area contributed by atoms with Crippen molar-refractivity contribution >= 4 is 11.6 Å². The second kappa shape index (κ2) is 7.13. The van der Waals surface area contributed by atoms with Crippen molar-refractivity contribution in [3.8, 4) is 0 Å². The minimum atomic E-state index is -0.680. The van der Waals surface area contributed by atoms with Gasteiger partial charge in [0.1, 0.15) is 0 Å². The Hall–Kier alpha value is -1.39. The highest BCUT2D eigenvalue weighted by molar-refractivity contribution is 5.47. The lowest BCUT2D eigenvalue weighted by atomic mass is 10.1. The number of anilines is 2. The van der Waals surface area contributed by atoms with Gasteiger partial charge in [-0.3, -0.25) is 0 Å². The minimum absolute atomic E-state index is 0.0566. The molecule has 0 saturated heterocycles. The summed E-state index contributed by atoms with van der Waals surface area (Å²) in [5, 5.41) is 5.48. The lowest BCUT2D eigenvalue weighted by Crippen LogP contribution is -2.08. The molecule has 0 aliphatic rings. The van der Waals surface area contributed by atoms with Crippen LogP contribution in [0.3, 0.4) is 0 Å². The molecule has 0 radical (unpaired) electrons. The summed E-state index contributed by atoms with van der Waals surface area (Å²) in [6.07, 6.45) is 3.20. The number of aromatic nitrogens is 1. The zero-order valence-electron chi connectivity index (χ0n) is 11.2. The van der Waals surface area contributed by atoms with E-state index in [4.69, 9.17) is 0 Å². The summed E-state index contributed by atoms with van der Waals surface area (Å²) >= 11 is 0. The van der Waals surface area contributed by atoms with Gasteiger partial charge in [0, 0.05) is 19.7 Å². The summed E-state index contributed by atoms with van der Waals surface area (Å²) in [5.41, 5.74) is 0. The number of nitrogens with zero attached hydrogens (tertiary/aromatic N) is 1. The molecular weight excluding hydrogens is 236 g/mol. The van der Waals surface area contributed by atoms with Gasteiger partial charge in [-0.1, -0.05) is 26.7 Å². The maximum Gasteiger partial charge on any atom is 0.168 e. The van der Waals surface area contributed by atoms with Gasteiger partial charge in [0.25, 0.3) is 0 Å². The molecule has 0 fully saturated rings. The molecule has 0 spiro atoms. The average Bonchev–Trinajstić information content (AvgIpc) is 2.30. The van der Waals surface area contributed by atoms with Crippen molar-refractivity contribution in [2.24, 2.45) is 5.92 Å². The Balaban J connectivity index is 2.47. The van der Waals surface area contributed by atoms with E-state index in [0.29, 0.717) is 12.5 Å². The van der Waals surface area contributed by atoms with E-state index in [0.717, 1.165) is 25.3 Å². The third-order valence-electron chi connectivity index (χ3n) is 2.67. The van der Waals surface area contributed by atoms with E-state index < -0.39 is 11.6 Å². The number of hydrogen-bond acceptors (Lipinski definition) is 3. The zero-order valence-corrected chi connectivity index (χ0v) is 11.2. The highest BCUT2D eigenvalue weighted by Crippen LogP contribution is 2.18. The van der Waals surface area contributed by atoms with Gasteiger partial charge in [0.05, 0.1) is 0 Å². The smallest absolute Gasteiger partial charge is 0.168 e. The van der Waals surface area contributed by atoms with Crippen LogP contribution in [0.2, 0.25) is 0 Å². The molecule has 2 N–H and O–H groups in total. The molecule has 0 amide bonds. The van der Waals surface area contributed by atoms with Crippen molar-refractivity contribution < 1.29 is 8.78 Å². The van der Waals surface area contributed by atoms with E-state index in [1.54, 1.807) is 7.05 Å². The molecular formula is C13H21F2N3. The highest BCUT2D eigenvalue weighted by Gasteiger charge is 2.10. The van der Waals surface area contributed by atoms with Crippen molar-refractivity contribution in [1.82, 2.24) is 4.98 Å². The molecule has 0 aromatic carbocycles. The average molecular weight is 257 g/mol. The summed E-state index contributed by atoms with van der Waals surface area (Å²) in [6.45, 7) is 4.99. The predicted octanol–water partition coefficient (Wildman–Crippen LogP) is 3.64. The molecule has 5 heteroatoms. The maximum absolute atomic E-state index is 13.4. The number of halogens is 2. The van der Waals surface area contributed by atoms with Gasteiger partial charge in [-0.2, -0.15) is 0 Å². The SMILES string of the molecule is CNc1nc(NCCCCC(C)C)c(F)cc1F. The van der Waals surface area contributed by atoms with Gasteiger partial charge in [-0.05, 0) is 12.3 Å². The number of rotatable bonds is 7. The van der Waals surface area contributed by atoms with Crippen LogP contribution in [0.25, 0.3) is 0 Å². The molecule has 102 valence electrons. The predicted molar refractivity (Wildman–Crippen MR) is 70.9 cm³/mol. The number of pyridine rings is 1. The quantitative estimate of drug-likeness (QED) is 0.732. The number of nitrogens with one attached hydrogen (secondary N) is 2. The first-order valence-electron chi connectivity index (χ1n) is 6.32. The maximum atomic E-state index is 13.4. The van der Waals surface area contributed by atoms with E-state index in [9.17, 15) is 8.78 Å². The van der Waals surface area contributed by atoms with Crippen LogP contribution >= 0.6 is 0 Å². The van der Waals surface area contributed by atoms with E-state index in [1.807, 2.05) is 0 Å². The van der Waals surface area contributed by atoms with E-state index in [1.165, 1.54) is 0 Å². The van der Waals surface area contributed by atoms with Gasteiger partial charge in [-0.15, -0.1) is 0 Å². The minimum Gasteiger partial charge on any atom is -0.371 e. The van der Waals surface area contributed by atoms with E-state index in [2.05, 4.69) is 29.5 Å². The van der Waals surface area contributed by atoms with E-state index in [-0.39, 0.29) is 11.6 Å². The van der Waals surface area contributed by atoms with Crippen molar-refractivity contribution in [3.63, 3.8) is 0 Å². The third kappa shape index (κ3) is 4.47. The Morgan fingerprint density at radius 2 is 1.83 bits per heavy atom. The second-order valence-electron chi connectivity index (χ2n) is 4.72. The lowest BCUT2D eigenvalue weighted by Gasteiger charge is -2.09. The highest BCUT2D eigenvalue weighted by atomic mass is 19.1. The molecule has 1 rings (SSSR count). The Morgan fingerprint density at radius 3 is 2.44 bits per heavy atom. The molecule has 0 bridgehead atoms. The fourth-order valence-electron chi connectivity index (χ4n) is 1.65. The number of hydrogen-bond donors (Lipinski definition) is 2. The molecule has 1 aromatic heterocycles. The van der Waals surface area contributed by atoms with Crippen LogP contribution in [0.1, 0.15) is 33.1 Å². The van der Waals surface area contributed by atoms with Crippen LogP contribution in [0.5, 0.6) is 0 Å².